The lowest BCUT2D eigenvalue weighted by atomic mass is 10.0. The van der Waals surface area contributed by atoms with Crippen LogP contribution in [0, 0.1) is 0 Å². The Morgan fingerprint density at radius 1 is 1.00 bits per heavy atom. The summed E-state index contributed by atoms with van der Waals surface area (Å²) in [6.45, 7) is 5.37. The Morgan fingerprint density at radius 2 is 1.66 bits per heavy atom. The molecule has 0 radical (unpaired) electrons. The Labute approximate surface area is 174 Å². The van der Waals surface area contributed by atoms with Crippen molar-refractivity contribution < 1.29 is 14.3 Å². The van der Waals surface area contributed by atoms with Gasteiger partial charge < -0.3 is 14.8 Å². The summed E-state index contributed by atoms with van der Waals surface area (Å²) < 4.78 is 10.8. The topological polar surface area (TPSA) is 50.8 Å². The number of amides is 1. The predicted molar refractivity (Wildman–Crippen MR) is 115 cm³/mol. The molecule has 1 aliphatic heterocycles. The van der Waals surface area contributed by atoms with Crippen molar-refractivity contribution >= 4 is 5.91 Å². The molecule has 1 unspecified atom stereocenters. The summed E-state index contributed by atoms with van der Waals surface area (Å²) >= 11 is 0. The zero-order valence-corrected chi connectivity index (χ0v) is 17.5. The highest BCUT2D eigenvalue weighted by molar-refractivity contribution is 5.78. The largest absolute Gasteiger partial charge is 0.497 e. The first-order valence-electron chi connectivity index (χ1n) is 10.6. The molecule has 0 aromatic heterocycles. The first kappa shape index (κ1) is 21.2. The minimum Gasteiger partial charge on any atom is -0.497 e. The van der Waals surface area contributed by atoms with E-state index in [1.54, 1.807) is 7.11 Å². The third-order valence-electron chi connectivity index (χ3n) is 5.42. The number of methoxy groups -OCH3 is 1. The van der Waals surface area contributed by atoms with E-state index in [9.17, 15) is 4.79 Å². The number of hydrogen-bond acceptors (Lipinski definition) is 4. The van der Waals surface area contributed by atoms with Crippen LogP contribution >= 0.6 is 0 Å². The second-order valence-corrected chi connectivity index (χ2v) is 7.44. The molecule has 2 aromatic carbocycles. The molecular formula is C24H32N2O3. The van der Waals surface area contributed by atoms with Gasteiger partial charge in [0, 0.05) is 6.54 Å². The number of carbonyl (C=O) groups excluding carboxylic acids is 1. The molecule has 29 heavy (non-hydrogen) atoms. The van der Waals surface area contributed by atoms with Crippen LogP contribution in [0.15, 0.2) is 48.5 Å². The van der Waals surface area contributed by atoms with Crippen molar-refractivity contribution in [3.8, 4) is 11.5 Å². The van der Waals surface area contributed by atoms with Crippen LogP contribution in [0.1, 0.15) is 43.4 Å². The molecule has 1 amide bonds. The first-order valence-corrected chi connectivity index (χ1v) is 10.6. The second kappa shape index (κ2) is 10.9. The van der Waals surface area contributed by atoms with Gasteiger partial charge in [0.15, 0.2) is 0 Å². The van der Waals surface area contributed by atoms with Crippen molar-refractivity contribution in [1.82, 2.24) is 10.2 Å². The molecule has 5 nitrogen and oxygen atoms in total. The summed E-state index contributed by atoms with van der Waals surface area (Å²) in [5.74, 6) is 1.73. The van der Waals surface area contributed by atoms with Crippen LogP contribution in [-0.2, 0) is 11.2 Å². The van der Waals surface area contributed by atoms with Gasteiger partial charge in [-0.05, 0) is 68.2 Å². The summed E-state index contributed by atoms with van der Waals surface area (Å²) in [7, 11) is 1.68. The van der Waals surface area contributed by atoms with Gasteiger partial charge in [0.2, 0.25) is 5.91 Å². The molecule has 3 rings (SSSR count). The summed E-state index contributed by atoms with van der Waals surface area (Å²) in [6.07, 6.45) is 4.09. The number of hydrogen-bond donors (Lipinski definition) is 1. The lowest BCUT2D eigenvalue weighted by Gasteiger charge is -2.35. The smallest absolute Gasteiger partial charge is 0.224 e. The SMILES string of the molecule is CCOc1ccc(CC(=O)NCC(c2ccc(OC)cc2)N2CCCCC2)cc1. The van der Waals surface area contributed by atoms with Gasteiger partial charge in [-0.15, -0.1) is 0 Å². The molecule has 1 fully saturated rings. The van der Waals surface area contributed by atoms with Crippen molar-refractivity contribution in [3.05, 3.63) is 59.7 Å². The third kappa shape index (κ3) is 6.23. The van der Waals surface area contributed by atoms with Crippen molar-refractivity contribution in [2.24, 2.45) is 0 Å². The minimum atomic E-state index is 0.0460. The molecular weight excluding hydrogens is 364 g/mol. The maximum Gasteiger partial charge on any atom is 0.224 e. The normalized spacial score (nSPS) is 15.5. The highest BCUT2D eigenvalue weighted by Crippen LogP contribution is 2.26. The molecule has 0 bridgehead atoms. The van der Waals surface area contributed by atoms with E-state index >= 15 is 0 Å². The monoisotopic (exact) mass is 396 g/mol. The molecule has 0 spiro atoms. The molecule has 156 valence electrons. The average Bonchev–Trinajstić information content (AvgIpc) is 2.77. The van der Waals surface area contributed by atoms with Crippen molar-refractivity contribution in [2.75, 3.05) is 33.4 Å². The van der Waals surface area contributed by atoms with Gasteiger partial charge in [0.25, 0.3) is 0 Å². The molecule has 0 aliphatic carbocycles. The van der Waals surface area contributed by atoms with Gasteiger partial charge in [-0.25, -0.2) is 0 Å². The van der Waals surface area contributed by atoms with E-state index < -0.39 is 0 Å². The highest BCUT2D eigenvalue weighted by atomic mass is 16.5. The highest BCUT2D eigenvalue weighted by Gasteiger charge is 2.23. The number of likely N-dealkylation sites (tertiary alicyclic amines) is 1. The molecule has 1 saturated heterocycles. The van der Waals surface area contributed by atoms with Gasteiger partial charge in [-0.1, -0.05) is 30.7 Å². The fourth-order valence-electron chi connectivity index (χ4n) is 3.84. The van der Waals surface area contributed by atoms with Gasteiger partial charge in [0.05, 0.1) is 26.2 Å². The standard InChI is InChI=1S/C24H32N2O3/c1-3-29-22-11-7-19(8-12-22)17-24(27)25-18-23(26-15-5-4-6-16-26)20-9-13-21(28-2)14-10-20/h7-14,23H,3-6,15-18H2,1-2H3,(H,25,27). The van der Waals surface area contributed by atoms with Gasteiger partial charge >= 0.3 is 0 Å². The quantitative estimate of drug-likeness (QED) is 0.697. The van der Waals surface area contributed by atoms with Gasteiger partial charge in [-0.3, -0.25) is 9.69 Å². The van der Waals surface area contributed by atoms with Crippen molar-refractivity contribution in [2.45, 2.75) is 38.6 Å². The van der Waals surface area contributed by atoms with Crippen LogP contribution in [0.2, 0.25) is 0 Å². The number of rotatable bonds is 9. The van der Waals surface area contributed by atoms with Gasteiger partial charge in [-0.2, -0.15) is 0 Å². The molecule has 1 N–H and O–H groups in total. The van der Waals surface area contributed by atoms with E-state index in [1.807, 2.05) is 43.3 Å². The van der Waals surface area contributed by atoms with Crippen LogP contribution < -0.4 is 14.8 Å². The van der Waals surface area contributed by atoms with Crippen LogP contribution in [0.4, 0.5) is 0 Å². The number of piperidine rings is 1. The molecule has 0 saturated carbocycles. The summed E-state index contributed by atoms with van der Waals surface area (Å²) in [5, 5.41) is 3.15. The zero-order chi connectivity index (χ0) is 20.5. The van der Waals surface area contributed by atoms with Gasteiger partial charge in [0.1, 0.15) is 11.5 Å². The molecule has 2 aromatic rings. The number of nitrogens with one attached hydrogen (secondary N) is 1. The van der Waals surface area contributed by atoms with E-state index in [-0.39, 0.29) is 11.9 Å². The average molecular weight is 397 g/mol. The maximum atomic E-state index is 12.6. The summed E-state index contributed by atoms with van der Waals surface area (Å²) in [5.41, 5.74) is 2.21. The number of benzene rings is 2. The van der Waals surface area contributed by atoms with Crippen LogP contribution in [0.25, 0.3) is 0 Å². The summed E-state index contributed by atoms with van der Waals surface area (Å²) in [6, 6.07) is 16.1. The van der Waals surface area contributed by atoms with E-state index in [4.69, 9.17) is 9.47 Å². The molecule has 1 heterocycles. The first-order chi connectivity index (χ1) is 14.2. The second-order valence-electron chi connectivity index (χ2n) is 7.44. The summed E-state index contributed by atoms with van der Waals surface area (Å²) in [4.78, 5) is 15.0. The Balaban J connectivity index is 1.61. The third-order valence-corrected chi connectivity index (χ3v) is 5.42. The Morgan fingerprint density at radius 3 is 2.28 bits per heavy atom. The Hall–Kier alpha value is -2.53. The number of carbonyl (C=O) groups is 1. The molecule has 1 atom stereocenters. The van der Waals surface area contributed by atoms with E-state index in [0.29, 0.717) is 19.6 Å². The Kier molecular flexibility index (Phi) is 7.94. The van der Waals surface area contributed by atoms with Crippen LogP contribution in [-0.4, -0.2) is 44.2 Å². The minimum absolute atomic E-state index is 0.0460. The molecule has 1 aliphatic rings. The van der Waals surface area contributed by atoms with Crippen LogP contribution in [0.5, 0.6) is 11.5 Å². The lowest BCUT2D eigenvalue weighted by molar-refractivity contribution is -0.120. The van der Waals surface area contributed by atoms with Crippen LogP contribution in [0.3, 0.4) is 0 Å². The predicted octanol–water partition coefficient (Wildman–Crippen LogP) is 3.98. The van der Waals surface area contributed by atoms with E-state index in [0.717, 1.165) is 30.2 Å². The number of nitrogens with zero attached hydrogens (tertiary/aromatic N) is 1. The lowest BCUT2D eigenvalue weighted by Crippen LogP contribution is -2.41. The van der Waals surface area contributed by atoms with E-state index in [1.165, 1.54) is 24.8 Å². The number of ether oxygens (including phenoxy) is 2. The zero-order valence-electron chi connectivity index (χ0n) is 17.5. The maximum absolute atomic E-state index is 12.6. The fourth-order valence-corrected chi connectivity index (χ4v) is 3.84. The fraction of sp³-hybridized carbons (Fsp3) is 0.458. The van der Waals surface area contributed by atoms with Crippen molar-refractivity contribution in [1.29, 1.82) is 0 Å². The van der Waals surface area contributed by atoms with E-state index in [2.05, 4.69) is 22.3 Å². The Bertz CT molecular complexity index is 753. The van der Waals surface area contributed by atoms with Crippen molar-refractivity contribution in [3.63, 3.8) is 0 Å². The molecule has 5 heteroatoms.